The van der Waals surface area contributed by atoms with Gasteiger partial charge in [0.15, 0.2) is 0 Å². The van der Waals surface area contributed by atoms with Gasteiger partial charge in [0.1, 0.15) is 0 Å². The fourth-order valence-electron chi connectivity index (χ4n) is 2.77. The molecule has 3 unspecified atom stereocenters. The van der Waals surface area contributed by atoms with E-state index in [2.05, 4.69) is 19.2 Å². The standard InChI is InChI=1S/C13H25NO/c1-3-11(10-7-8-10)14-12(4-2)13-6-5-9-15-13/h10-14H,3-9H2,1-2H3. The summed E-state index contributed by atoms with van der Waals surface area (Å²) in [5, 5.41) is 3.83. The second-order valence-corrected chi connectivity index (χ2v) is 5.09. The van der Waals surface area contributed by atoms with Gasteiger partial charge in [-0.25, -0.2) is 0 Å². The summed E-state index contributed by atoms with van der Waals surface area (Å²) in [7, 11) is 0. The molecule has 88 valence electrons. The highest BCUT2D eigenvalue weighted by atomic mass is 16.5. The van der Waals surface area contributed by atoms with Gasteiger partial charge in [-0.3, -0.25) is 0 Å². The lowest BCUT2D eigenvalue weighted by Gasteiger charge is -2.28. The van der Waals surface area contributed by atoms with Gasteiger partial charge in [0.05, 0.1) is 6.10 Å². The quantitative estimate of drug-likeness (QED) is 0.729. The smallest absolute Gasteiger partial charge is 0.0728 e. The van der Waals surface area contributed by atoms with Gasteiger partial charge < -0.3 is 10.1 Å². The van der Waals surface area contributed by atoms with Gasteiger partial charge >= 0.3 is 0 Å². The van der Waals surface area contributed by atoms with E-state index in [1.165, 1.54) is 38.5 Å². The van der Waals surface area contributed by atoms with Crippen molar-refractivity contribution in [1.82, 2.24) is 5.32 Å². The van der Waals surface area contributed by atoms with Crippen molar-refractivity contribution in [3.8, 4) is 0 Å². The van der Waals surface area contributed by atoms with Crippen molar-refractivity contribution >= 4 is 0 Å². The van der Waals surface area contributed by atoms with E-state index >= 15 is 0 Å². The Labute approximate surface area is 93.8 Å². The molecule has 2 nitrogen and oxygen atoms in total. The molecule has 2 aliphatic rings. The number of ether oxygens (including phenoxy) is 1. The first-order chi connectivity index (χ1) is 7.35. The molecule has 2 fully saturated rings. The van der Waals surface area contributed by atoms with Gasteiger partial charge in [-0.2, -0.15) is 0 Å². The van der Waals surface area contributed by atoms with Crippen molar-refractivity contribution in [2.75, 3.05) is 6.61 Å². The molecule has 0 radical (unpaired) electrons. The van der Waals surface area contributed by atoms with E-state index in [0.29, 0.717) is 12.1 Å². The molecule has 1 N–H and O–H groups in total. The maximum absolute atomic E-state index is 5.79. The van der Waals surface area contributed by atoms with Crippen LogP contribution < -0.4 is 5.32 Å². The zero-order valence-corrected chi connectivity index (χ0v) is 10.2. The Morgan fingerprint density at radius 1 is 1.13 bits per heavy atom. The first-order valence-electron chi connectivity index (χ1n) is 6.72. The van der Waals surface area contributed by atoms with Crippen LogP contribution in [0.15, 0.2) is 0 Å². The van der Waals surface area contributed by atoms with E-state index in [-0.39, 0.29) is 0 Å². The van der Waals surface area contributed by atoms with Crippen LogP contribution in [-0.2, 0) is 4.74 Å². The molecule has 0 aromatic carbocycles. The molecule has 3 atom stereocenters. The molecule has 0 bridgehead atoms. The topological polar surface area (TPSA) is 21.3 Å². The number of nitrogens with one attached hydrogen (secondary N) is 1. The third-order valence-electron chi connectivity index (χ3n) is 3.91. The van der Waals surface area contributed by atoms with Crippen molar-refractivity contribution in [2.24, 2.45) is 5.92 Å². The fraction of sp³-hybridized carbons (Fsp3) is 1.00. The monoisotopic (exact) mass is 211 g/mol. The number of rotatable bonds is 6. The molecule has 0 aromatic rings. The van der Waals surface area contributed by atoms with Gasteiger partial charge in [0.25, 0.3) is 0 Å². The third kappa shape index (κ3) is 2.94. The van der Waals surface area contributed by atoms with Crippen molar-refractivity contribution in [2.45, 2.75) is 70.6 Å². The van der Waals surface area contributed by atoms with Crippen LogP contribution >= 0.6 is 0 Å². The Bertz CT molecular complexity index is 185. The van der Waals surface area contributed by atoms with Crippen LogP contribution in [0.5, 0.6) is 0 Å². The highest BCUT2D eigenvalue weighted by Gasteiger charge is 2.33. The minimum atomic E-state index is 0.489. The van der Waals surface area contributed by atoms with Crippen molar-refractivity contribution < 1.29 is 4.74 Å². The summed E-state index contributed by atoms with van der Waals surface area (Å²) in [6.07, 6.45) is 8.35. The van der Waals surface area contributed by atoms with Crippen molar-refractivity contribution in [3.05, 3.63) is 0 Å². The van der Waals surface area contributed by atoms with Crippen LogP contribution in [-0.4, -0.2) is 24.8 Å². The predicted octanol–water partition coefficient (Wildman–Crippen LogP) is 2.72. The highest BCUT2D eigenvalue weighted by Crippen LogP contribution is 2.34. The van der Waals surface area contributed by atoms with Crippen LogP contribution in [0.25, 0.3) is 0 Å². The maximum atomic E-state index is 5.79. The molecular formula is C13H25NO. The summed E-state index contributed by atoms with van der Waals surface area (Å²) in [6.45, 7) is 5.56. The Hall–Kier alpha value is -0.0800. The Morgan fingerprint density at radius 3 is 2.33 bits per heavy atom. The van der Waals surface area contributed by atoms with E-state index in [0.717, 1.165) is 18.6 Å². The van der Waals surface area contributed by atoms with E-state index in [9.17, 15) is 0 Å². The Balaban J connectivity index is 1.82. The molecule has 1 heterocycles. The average molecular weight is 211 g/mol. The van der Waals surface area contributed by atoms with Gasteiger partial charge in [-0.05, 0) is 44.4 Å². The van der Waals surface area contributed by atoms with Crippen molar-refractivity contribution in [3.63, 3.8) is 0 Å². The summed E-state index contributed by atoms with van der Waals surface area (Å²) in [5.74, 6) is 0.963. The van der Waals surface area contributed by atoms with Crippen LogP contribution in [0.4, 0.5) is 0 Å². The third-order valence-corrected chi connectivity index (χ3v) is 3.91. The van der Waals surface area contributed by atoms with E-state index in [1.54, 1.807) is 0 Å². The fourth-order valence-corrected chi connectivity index (χ4v) is 2.77. The lowest BCUT2D eigenvalue weighted by atomic mass is 10.0. The molecule has 1 saturated heterocycles. The van der Waals surface area contributed by atoms with E-state index < -0.39 is 0 Å². The summed E-state index contributed by atoms with van der Waals surface area (Å²) < 4.78 is 5.79. The molecule has 0 aromatic heterocycles. The summed E-state index contributed by atoms with van der Waals surface area (Å²) in [6, 6.07) is 1.34. The van der Waals surface area contributed by atoms with Crippen LogP contribution in [0, 0.1) is 5.92 Å². The predicted molar refractivity (Wildman–Crippen MR) is 63.0 cm³/mol. The molecule has 1 aliphatic heterocycles. The van der Waals surface area contributed by atoms with Crippen LogP contribution in [0.1, 0.15) is 52.4 Å². The summed E-state index contributed by atoms with van der Waals surface area (Å²) in [4.78, 5) is 0. The number of hydrogen-bond acceptors (Lipinski definition) is 2. The molecule has 0 spiro atoms. The zero-order valence-electron chi connectivity index (χ0n) is 10.2. The molecule has 0 amide bonds. The maximum Gasteiger partial charge on any atom is 0.0728 e. The van der Waals surface area contributed by atoms with Crippen LogP contribution in [0.2, 0.25) is 0 Å². The SMILES string of the molecule is CCC(NC(CC)C1CCCO1)C1CC1. The zero-order chi connectivity index (χ0) is 10.7. The Kier molecular flexibility index (Phi) is 4.04. The van der Waals surface area contributed by atoms with Gasteiger partial charge in [0.2, 0.25) is 0 Å². The van der Waals surface area contributed by atoms with Crippen molar-refractivity contribution in [1.29, 1.82) is 0 Å². The molecule has 2 rings (SSSR count). The van der Waals surface area contributed by atoms with Gasteiger partial charge in [0, 0.05) is 18.7 Å². The molecule has 15 heavy (non-hydrogen) atoms. The lowest BCUT2D eigenvalue weighted by Crippen LogP contribution is -2.45. The lowest BCUT2D eigenvalue weighted by molar-refractivity contribution is 0.0713. The summed E-state index contributed by atoms with van der Waals surface area (Å²) in [5.41, 5.74) is 0. The normalized spacial score (nSPS) is 30.4. The minimum absolute atomic E-state index is 0.489. The summed E-state index contributed by atoms with van der Waals surface area (Å²) >= 11 is 0. The largest absolute Gasteiger partial charge is 0.377 e. The molecule has 1 aliphatic carbocycles. The number of hydrogen-bond donors (Lipinski definition) is 1. The first kappa shape index (κ1) is 11.4. The average Bonchev–Trinajstić information content (AvgIpc) is 2.95. The molecule has 2 heteroatoms. The first-order valence-corrected chi connectivity index (χ1v) is 6.72. The second-order valence-electron chi connectivity index (χ2n) is 5.09. The highest BCUT2D eigenvalue weighted by molar-refractivity contribution is 4.90. The molecular weight excluding hydrogens is 186 g/mol. The van der Waals surface area contributed by atoms with Gasteiger partial charge in [-0.1, -0.05) is 13.8 Å². The molecule has 1 saturated carbocycles. The minimum Gasteiger partial charge on any atom is -0.377 e. The van der Waals surface area contributed by atoms with E-state index in [4.69, 9.17) is 4.74 Å². The Morgan fingerprint density at radius 2 is 1.87 bits per heavy atom. The second kappa shape index (κ2) is 5.31. The van der Waals surface area contributed by atoms with Crippen LogP contribution in [0.3, 0.4) is 0 Å². The van der Waals surface area contributed by atoms with Gasteiger partial charge in [-0.15, -0.1) is 0 Å². The van der Waals surface area contributed by atoms with E-state index in [1.807, 2.05) is 0 Å².